The lowest BCUT2D eigenvalue weighted by Crippen LogP contribution is -2.74. The Morgan fingerprint density at radius 3 is 2.83 bits per heavy atom. The van der Waals surface area contributed by atoms with Gasteiger partial charge in [-0.25, -0.2) is 4.99 Å². The molecule has 8 rings (SSSR count). The number of aromatic hydroxyl groups is 1. The molecule has 2 aliphatic heterocycles. The van der Waals surface area contributed by atoms with Gasteiger partial charge in [-0.1, -0.05) is 6.07 Å². The van der Waals surface area contributed by atoms with E-state index in [0.29, 0.717) is 17.9 Å². The van der Waals surface area contributed by atoms with Crippen LogP contribution in [-0.4, -0.2) is 50.8 Å². The van der Waals surface area contributed by atoms with Gasteiger partial charge in [0.2, 0.25) is 0 Å². The molecule has 4 atom stereocenters. The molecule has 0 amide bonds. The topological polar surface area (TPSA) is 133 Å². The van der Waals surface area contributed by atoms with Crippen LogP contribution in [0.4, 0.5) is 5.69 Å². The smallest absolute Gasteiger partial charge is 0.191 e. The van der Waals surface area contributed by atoms with Gasteiger partial charge in [0.05, 0.1) is 22.4 Å². The Hall–Kier alpha value is -2.94. The van der Waals surface area contributed by atoms with E-state index in [-0.39, 0.29) is 36.3 Å². The summed E-state index contributed by atoms with van der Waals surface area (Å²) in [5.74, 6) is 1.46. The van der Waals surface area contributed by atoms with Crippen LogP contribution in [0.15, 0.2) is 35.3 Å². The first kappa shape index (κ1) is 22.3. The van der Waals surface area contributed by atoms with Gasteiger partial charge in [-0.3, -0.25) is 4.90 Å². The number of aromatic nitrogens is 1. The van der Waals surface area contributed by atoms with Gasteiger partial charge in [0, 0.05) is 35.5 Å². The molecule has 1 aromatic heterocycles. The zero-order valence-corrected chi connectivity index (χ0v) is 20.6. The number of nitrogens with zero attached hydrogens (tertiary/aromatic N) is 2. The maximum Gasteiger partial charge on any atom is 0.191 e. The van der Waals surface area contributed by atoms with E-state index in [9.17, 15) is 10.2 Å². The molecular formula is C27H30ClN5O3. The standard InChI is InChI=1S/C27H29N5O3.ClH/c28-25(29)30-15-4-5-18-16(10-15)17-11-27(34)20-9-14-3-6-19(33)23-21(14)26(27,24(35-23)22(17)31-18)7-8-32(20)12-13-1-2-13;/h3-6,10,13,20,24,31,33-34H,1-2,7-9,11-12H2,(H4,28,29,30);1H/t20-,24+,26+,27-;/m1./s1. The van der Waals surface area contributed by atoms with Gasteiger partial charge in [0.15, 0.2) is 23.6 Å². The third-order valence-electron chi connectivity index (χ3n) is 9.40. The summed E-state index contributed by atoms with van der Waals surface area (Å²) in [4.78, 5) is 10.4. The first-order valence-corrected chi connectivity index (χ1v) is 12.6. The Morgan fingerprint density at radius 2 is 2.06 bits per heavy atom. The molecule has 3 heterocycles. The van der Waals surface area contributed by atoms with Crippen molar-refractivity contribution in [1.82, 2.24) is 9.88 Å². The first-order valence-electron chi connectivity index (χ1n) is 12.6. The second kappa shape index (κ2) is 7.09. The molecule has 36 heavy (non-hydrogen) atoms. The summed E-state index contributed by atoms with van der Waals surface area (Å²) in [7, 11) is 0. The number of hydrogen-bond acceptors (Lipinski definition) is 5. The van der Waals surface area contributed by atoms with Crippen LogP contribution in [0.25, 0.3) is 10.9 Å². The molecule has 2 aromatic carbocycles. The minimum Gasteiger partial charge on any atom is -0.504 e. The number of phenols is 1. The molecule has 9 heteroatoms. The number of nitrogens with one attached hydrogen (secondary N) is 1. The number of ether oxygens (including phenoxy) is 1. The summed E-state index contributed by atoms with van der Waals surface area (Å²) in [5.41, 5.74) is 15.6. The number of fused-ring (bicyclic) bond motifs is 4. The number of piperidine rings is 1. The highest BCUT2D eigenvalue weighted by molar-refractivity contribution is 5.90. The molecule has 7 N–H and O–H groups in total. The van der Waals surface area contributed by atoms with Crippen molar-refractivity contribution in [2.24, 2.45) is 22.4 Å². The van der Waals surface area contributed by atoms with Gasteiger partial charge in [-0.2, -0.15) is 0 Å². The molecule has 2 fully saturated rings. The van der Waals surface area contributed by atoms with Crippen LogP contribution in [0.2, 0.25) is 0 Å². The Labute approximate surface area is 214 Å². The third kappa shape index (κ3) is 2.59. The predicted molar refractivity (Wildman–Crippen MR) is 139 cm³/mol. The summed E-state index contributed by atoms with van der Waals surface area (Å²) in [6, 6.07) is 9.64. The Balaban J connectivity index is 0.00000220. The molecule has 1 saturated carbocycles. The summed E-state index contributed by atoms with van der Waals surface area (Å²) in [6.07, 6.45) is 4.27. The second-order valence-electron chi connectivity index (χ2n) is 11.2. The molecule has 8 nitrogen and oxygen atoms in total. The second-order valence-corrected chi connectivity index (χ2v) is 11.2. The van der Waals surface area contributed by atoms with Crippen LogP contribution in [0.5, 0.6) is 11.5 Å². The highest BCUT2D eigenvalue weighted by Crippen LogP contribution is 2.69. The zero-order chi connectivity index (χ0) is 23.7. The Bertz CT molecular complexity index is 1460. The Morgan fingerprint density at radius 1 is 1.22 bits per heavy atom. The fourth-order valence-corrected chi connectivity index (χ4v) is 7.83. The number of aliphatic hydroxyl groups is 1. The summed E-state index contributed by atoms with van der Waals surface area (Å²) in [6.45, 7) is 1.98. The molecule has 188 valence electrons. The SMILES string of the molecule is Cl.NC(N)=Nc1ccc2[nH]c3c(c2c1)C[C@@]1(O)[C@H]2Cc4ccc(O)c5c4[C@@]1(CCN2CC1CC1)[C@H]3O5. The van der Waals surface area contributed by atoms with Crippen LogP contribution in [-0.2, 0) is 18.3 Å². The average Bonchev–Trinajstić information content (AvgIpc) is 3.46. The van der Waals surface area contributed by atoms with Crippen molar-refractivity contribution in [3.63, 3.8) is 0 Å². The molecule has 3 aliphatic carbocycles. The maximum atomic E-state index is 12.9. The average molecular weight is 508 g/mol. The fourth-order valence-electron chi connectivity index (χ4n) is 7.83. The number of aliphatic imine (C=N–C) groups is 1. The predicted octanol–water partition coefficient (Wildman–Crippen LogP) is 2.90. The minimum atomic E-state index is -1.01. The van der Waals surface area contributed by atoms with Crippen molar-refractivity contribution in [1.29, 1.82) is 0 Å². The molecule has 1 spiro atoms. The molecule has 3 aromatic rings. The van der Waals surface area contributed by atoms with E-state index >= 15 is 0 Å². The summed E-state index contributed by atoms with van der Waals surface area (Å²) >= 11 is 0. The lowest BCUT2D eigenvalue weighted by atomic mass is 9.49. The van der Waals surface area contributed by atoms with Gasteiger partial charge < -0.3 is 31.4 Å². The summed E-state index contributed by atoms with van der Waals surface area (Å²) < 4.78 is 6.63. The van der Waals surface area contributed by atoms with Crippen LogP contribution in [0.3, 0.4) is 0 Å². The number of aromatic amines is 1. The van der Waals surface area contributed by atoms with Crippen molar-refractivity contribution < 1.29 is 14.9 Å². The van der Waals surface area contributed by atoms with E-state index < -0.39 is 11.0 Å². The zero-order valence-electron chi connectivity index (χ0n) is 19.8. The number of hydrogen-bond donors (Lipinski definition) is 5. The number of rotatable bonds is 3. The Kier molecular flexibility index (Phi) is 4.38. The van der Waals surface area contributed by atoms with Crippen molar-refractivity contribution in [2.45, 2.75) is 55.3 Å². The van der Waals surface area contributed by atoms with Crippen LogP contribution in [0.1, 0.15) is 47.8 Å². The molecule has 1 saturated heterocycles. The van der Waals surface area contributed by atoms with Crippen molar-refractivity contribution in [3.8, 4) is 11.5 Å². The number of phenolic OH excluding ortho intramolecular Hbond substituents is 1. The number of guanidine groups is 1. The lowest BCUT2D eigenvalue weighted by molar-refractivity contribution is -0.173. The minimum absolute atomic E-state index is 0. The first-order chi connectivity index (χ1) is 16.9. The maximum absolute atomic E-state index is 12.9. The van der Waals surface area contributed by atoms with E-state index in [1.807, 2.05) is 24.3 Å². The molecule has 2 bridgehead atoms. The van der Waals surface area contributed by atoms with E-state index in [1.165, 1.54) is 18.4 Å². The largest absolute Gasteiger partial charge is 0.504 e. The monoisotopic (exact) mass is 507 g/mol. The third-order valence-corrected chi connectivity index (χ3v) is 9.40. The quantitative estimate of drug-likeness (QED) is 0.273. The normalized spacial score (nSPS) is 31.2. The van der Waals surface area contributed by atoms with E-state index in [1.54, 1.807) is 6.07 Å². The molecular weight excluding hydrogens is 478 g/mol. The van der Waals surface area contributed by atoms with Crippen molar-refractivity contribution >= 4 is 35.0 Å². The fraction of sp³-hybridized carbons (Fsp3) is 0.444. The molecule has 0 radical (unpaired) electrons. The van der Waals surface area contributed by atoms with Crippen molar-refractivity contribution in [3.05, 3.63) is 52.7 Å². The van der Waals surface area contributed by atoms with Gasteiger partial charge in [-0.05, 0) is 73.5 Å². The highest BCUT2D eigenvalue weighted by atomic mass is 35.5. The van der Waals surface area contributed by atoms with E-state index in [0.717, 1.165) is 59.6 Å². The van der Waals surface area contributed by atoms with E-state index in [2.05, 4.69) is 14.9 Å². The van der Waals surface area contributed by atoms with Crippen molar-refractivity contribution in [2.75, 3.05) is 13.1 Å². The van der Waals surface area contributed by atoms with Crippen LogP contribution < -0.4 is 16.2 Å². The summed E-state index contributed by atoms with van der Waals surface area (Å²) in [5, 5.41) is 24.7. The van der Waals surface area contributed by atoms with Crippen LogP contribution in [0, 0.1) is 5.92 Å². The van der Waals surface area contributed by atoms with E-state index in [4.69, 9.17) is 16.2 Å². The highest BCUT2D eigenvalue weighted by Gasteiger charge is 2.72. The lowest BCUT2D eigenvalue weighted by Gasteiger charge is -2.62. The molecule has 5 aliphatic rings. The number of halogens is 1. The van der Waals surface area contributed by atoms with Gasteiger partial charge in [-0.15, -0.1) is 12.4 Å². The van der Waals surface area contributed by atoms with Gasteiger partial charge in [0.25, 0.3) is 0 Å². The number of likely N-dealkylation sites (tertiary alicyclic amines) is 1. The number of nitrogens with two attached hydrogens (primary N) is 2. The number of benzene rings is 2. The van der Waals surface area contributed by atoms with Gasteiger partial charge in [0.1, 0.15) is 0 Å². The van der Waals surface area contributed by atoms with Gasteiger partial charge >= 0.3 is 0 Å². The van der Waals surface area contributed by atoms with Crippen LogP contribution >= 0.6 is 12.4 Å². The molecule has 0 unspecified atom stereocenters. The number of H-pyrrole nitrogens is 1.